The molecule has 21 heavy (non-hydrogen) atoms. The number of nitrogens with zero attached hydrogens (tertiary/aromatic N) is 2. The Hall–Kier alpha value is -1.85. The Morgan fingerprint density at radius 2 is 1.81 bits per heavy atom. The maximum absolute atomic E-state index is 11.8. The Bertz CT molecular complexity index is 473. The molecule has 6 nitrogen and oxygen atoms in total. The van der Waals surface area contributed by atoms with E-state index in [1.54, 1.807) is 7.05 Å². The first kappa shape index (κ1) is 17.2. The molecule has 0 fully saturated rings. The molecule has 118 valence electrons. The molecule has 0 atom stereocenters. The molecule has 0 bridgehead atoms. The molecule has 6 heteroatoms. The van der Waals surface area contributed by atoms with Crippen molar-refractivity contribution in [2.75, 3.05) is 30.8 Å². The van der Waals surface area contributed by atoms with Gasteiger partial charge in [-0.2, -0.15) is 0 Å². The van der Waals surface area contributed by atoms with Crippen LogP contribution in [0.2, 0.25) is 0 Å². The summed E-state index contributed by atoms with van der Waals surface area (Å²) in [4.78, 5) is 20.7. The summed E-state index contributed by atoms with van der Waals surface area (Å²) < 4.78 is 0. The lowest BCUT2D eigenvalue weighted by Crippen LogP contribution is -2.39. The molecular formula is C15H27N5O. The average molecular weight is 293 g/mol. The molecule has 0 spiro atoms. The average Bonchev–Trinajstić information content (AvgIpc) is 2.49. The summed E-state index contributed by atoms with van der Waals surface area (Å²) in [6.45, 7) is 9.33. The molecule has 1 aromatic rings. The van der Waals surface area contributed by atoms with Crippen LogP contribution in [0.15, 0.2) is 6.07 Å². The second-order valence-electron chi connectivity index (χ2n) is 5.65. The predicted molar refractivity (Wildman–Crippen MR) is 86.5 cm³/mol. The molecule has 1 rings (SSSR count). The highest BCUT2D eigenvalue weighted by Crippen LogP contribution is 2.18. The van der Waals surface area contributed by atoms with Crippen LogP contribution in [0.1, 0.15) is 39.9 Å². The lowest BCUT2D eigenvalue weighted by atomic mass is 9.92. The lowest BCUT2D eigenvalue weighted by Gasteiger charge is -2.23. The van der Waals surface area contributed by atoms with Crippen molar-refractivity contribution in [3.63, 3.8) is 0 Å². The van der Waals surface area contributed by atoms with E-state index >= 15 is 0 Å². The van der Waals surface area contributed by atoms with Crippen molar-refractivity contribution in [2.45, 2.75) is 40.5 Å². The van der Waals surface area contributed by atoms with Gasteiger partial charge in [0.05, 0.1) is 5.41 Å². The monoisotopic (exact) mass is 293 g/mol. The van der Waals surface area contributed by atoms with Gasteiger partial charge < -0.3 is 16.0 Å². The van der Waals surface area contributed by atoms with Crippen LogP contribution < -0.4 is 16.0 Å². The molecule has 0 saturated heterocycles. The highest BCUT2D eigenvalue weighted by Gasteiger charge is 2.26. The SMILES string of the molecule is CCCNc1cc(NCC(C)(C)C(=O)NC)nc(CC)n1. The van der Waals surface area contributed by atoms with Crippen molar-refractivity contribution in [2.24, 2.45) is 5.41 Å². The summed E-state index contributed by atoms with van der Waals surface area (Å²) in [6, 6.07) is 1.88. The van der Waals surface area contributed by atoms with Crippen LogP contribution in [0.5, 0.6) is 0 Å². The number of hydrogen-bond donors (Lipinski definition) is 3. The van der Waals surface area contributed by atoms with E-state index in [9.17, 15) is 4.79 Å². The van der Waals surface area contributed by atoms with Crippen LogP contribution in [0.25, 0.3) is 0 Å². The minimum absolute atomic E-state index is 0.00380. The molecular weight excluding hydrogens is 266 g/mol. The van der Waals surface area contributed by atoms with E-state index in [0.717, 1.165) is 36.8 Å². The van der Waals surface area contributed by atoms with Crippen molar-refractivity contribution >= 4 is 17.5 Å². The summed E-state index contributed by atoms with van der Waals surface area (Å²) in [5.41, 5.74) is -0.497. The molecule has 3 N–H and O–H groups in total. The van der Waals surface area contributed by atoms with Gasteiger partial charge in [0, 0.05) is 32.6 Å². The van der Waals surface area contributed by atoms with Gasteiger partial charge >= 0.3 is 0 Å². The number of rotatable bonds is 8. The minimum Gasteiger partial charge on any atom is -0.370 e. The van der Waals surface area contributed by atoms with Crippen LogP contribution in [-0.2, 0) is 11.2 Å². The zero-order valence-electron chi connectivity index (χ0n) is 13.7. The Balaban J connectivity index is 2.80. The standard InChI is InChI=1S/C15H27N5O/c1-6-8-17-12-9-13(20-11(7-2)19-12)18-10-15(3,4)14(21)16-5/h9H,6-8,10H2,1-5H3,(H,16,21)(H2,17,18,19,20). The van der Waals surface area contributed by atoms with Crippen molar-refractivity contribution in [1.82, 2.24) is 15.3 Å². The molecule has 0 aliphatic carbocycles. The van der Waals surface area contributed by atoms with E-state index in [0.29, 0.717) is 6.54 Å². The summed E-state index contributed by atoms with van der Waals surface area (Å²) in [6.07, 6.45) is 1.81. The molecule has 1 aromatic heterocycles. The van der Waals surface area contributed by atoms with Gasteiger partial charge in [0.25, 0.3) is 0 Å². The van der Waals surface area contributed by atoms with E-state index in [1.165, 1.54) is 0 Å². The van der Waals surface area contributed by atoms with Gasteiger partial charge in [-0.3, -0.25) is 4.79 Å². The van der Waals surface area contributed by atoms with Gasteiger partial charge in [0.1, 0.15) is 17.5 Å². The number of carbonyl (C=O) groups excluding carboxylic acids is 1. The van der Waals surface area contributed by atoms with E-state index in [-0.39, 0.29) is 5.91 Å². The van der Waals surface area contributed by atoms with E-state index < -0.39 is 5.41 Å². The Kier molecular flexibility index (Phi) is 6.39. The molecule has 0 unspecified atom stereocenters. The fourth-order valence-corrected chi connectivity index (χ4v) is 1.82. The van der Waals surface area contributed by atoms with Crippen LogP contribution >= 0.6 is 0 Å². The number of amides is 1. The van der Waals surface area contributed by atoms with Crippen molar-refractivity contribution in [1.29, 1.82) is 0 Å². The highest BCUT2D eigenvalue weighted by atomic mass is 16.2. The van der Waals surface area contributed by atoms with Crippen LogP contribution in [0.3, 0.4) is 0 Å². The fourth-order valence-electron chi connectivity index (χ4n) is 1.82. The highest BCUT2D eigenvalue weighted by molar-refractivity contribution is 5.82. The quantitative estimate of drug-likeness (QED) is 0.683. The van der Waals surface area contributed by atoms with Crippen LogP contribution in [0, 0.1) is 5.41 Å². The Morgan fingerprint density at radius 3 is 2.33 bits per heavy atom. The third kappa shape index (κ3) is 5.21. The molecule has 0 aliphatic rings. The zero-order valence-corrected chi connectivity index (χ0v) is 13.7. The van der Waals surface area contributed by atoms with Gasteiger partial charge in [0.15, 0.2) is 0 Å². The van der Waals surface area contributed by atoms with Crippen molar-refractivity contribution in [3.8, 4) is 0 Å². The second-order valence-corrected chi connectivity index (χ2v) is 5.65. The summed E-state index contributed by atoms with van der Waals surface area (Å²) in [5, 5.41) is 9.19. The molecule has 0 radical (unpaired) electrons. The number of nitrogens with one attached hydrogen (secondary N) is 3. The van der Waals surface area contributed by atoms with Crippen molar-refractivity contribution < 1.29 is 4.79 Å². The predicted octanol–water partition coefficient (Wildman–Crippen LogP) is 2.04. The minimum atomic E-state index is -0.497. The molecule has 0 aromatic carbocycles. The first-order valence-corrected chi connectivity index (χ1v) is 7.50. The summed E-state index contributed by atoms with van der Waals surface area (Å²) in [5.74, 6) is 2.36. The number of aryl methyl sites for hydroxylation is 1. The largest absolute Gasteiger partial charge is 0.370 e. The first-order chi connectivity index (χ1) is 9.92. The molecule has 0 aliphatic heterocycles. The topological polar surface area (TPSA) is 78.9 Å². The van der Waals surface area contributed by atoms with E-state index in [2.05, 4.69) is 32.8 Å². The normalized spacial score (nSPS) is 11.1. The van der Waals surface area contributed by atoms with Gasteiger partial charge in [0.2, 0.25) is 5.91 Å². The van der Waals surface area contributed by atoms with Gasteiger partial charge in [-0.1, -0.05) is 13.8 Å². The van der Waals surface area contributed by atoms with Gasteiger partial charge in [-0.05, 0) is 20.3 Å². The van der Waals surface area contributed by atoms with Crippen LogP contribution in [-0.4, -0.2) is 36.0 Å². The third-order valence-electron chi connectivity index (χ3n) is 3.20. The number of anilines is 2. The lowest BCUT2D eigenvalue weighted by molar-refractivity contribution is -0.128. The Labute approximate surface area is 127 Å². The number of carbonyl (C=O) groups is 1. The second kappa shape index (κ2) is 7.81. The molecule has 1 amide bonds. The van der Waals surface area contributed by atoms with Gasteiger partial charge in [-0.25, -0.2) is 9.97 Å². The number of aromatic nitrogens is 2. The third-order valence-corrected chi connectivity index (χ3v) is 3.20. The Morgan fingerprint density at radius 1 is 1.19 bits per heavy atom. The molecule has 0 saturated carbocycles. The maximum atomic E-state index is 11.8. The first-order valence-electron chi connectivity index (χ1n) is 7.50. The maximum Gasteiger partial charge on any atom is 0.227 e. The van der Waals surface area contributed by atoms with Crippen molar-refractivity contribution in [3.05, 3.63) is 11.9 Å². The van der Waals surface area contributed by atoms with E-state index in [4.69, 9.17) is 0 Å². The summed E-state index contributed by atoms with van der Waals surface area (Å²) >= 11 is 0. The van der Waals surface area contributed by atoms with Gasteiger partial charge in [-0.15, -0.1) is 0 Å². The van der Waals surface area contributed by atoms with Crippen LogP contribution in [0.4, 0.5) is 11.6 Å². The molecule has 1 heterocycles. The smallest absolute Gasteiger partial charge is 0.227 e. The van der Waals surface area contributed by atoms with E-state index in [1.807, 2.05) is 26.8 Å². The number of hydrogen-bond acceptors (Lipinski definition) is 5. The summed E-state index contributed by atoms with van der Waals surface area (Å²) in [7, 11) is 1.65. The fraction of sp³-hybridized carbons (Fsp3) is 0.667. The zero-order chi connectivity index (χ0) is 15.9.